The van der Waals surface area contributed by atoms with Crippen LogP contribution < -0.4 is 5.32 Å². The lowest BCUT2D eigenvalue weighted by Crippen LogP contribution is -2.29. The lowest BCUT2D eigenvalue weighted by atomic mass is 9.85. The number of allylic oxidation sites excluding steroid dienone is 2. The van der Waals surface area contributed by atoms with Gasteiger partial charge in [0.1, 0.15) is 18.8 Å². The Morgan fingerprint density at radius 1 is 0.882 bits per heavy atom. The first-order valence-electron chi connectivity index (χ1n) is 17.6. The van der Waals surface area contributed by atoms with Gasteiger partial charge >= 0.3 is 11.9 Å². The van der Waals surface area contributed by atoms with E-state index in [1.807, 2.05) is 56.3 Å². The maximum atomic E-state index is 12.8. The number of hydrogen-bond acceptors (Lipinski definition) is 13. The van der Waals surface area contributed by atoms with Crippen molar-refractivity contribution in [3.8, 4) is 0 Å². The van der Waals surface area contributed by atoms with Crippen molar-refractivity contribution in [3.63, 3.8) is 0 Å². The second-order valence-electron chi connectivity index (χ2n) is 13.0. The molecule has 1 unspecified atom stereocenters. The summed E-state index contributed by atoms with van der Waals surface area (Å²) in [5.74, 6) is -1.50. The van der Waals surface area contributed by atoms with Gasteiger partial charge in [-0.15, -0.1) is 20.2 Å². The van der Waals surface area contributed by atoms with Crippen LogP contribution >= 0.6 is 0 Å². The number of carbonyl (C=O) groups is 3. The van der Waals surface area contributed by atoms with Crippen molar-refractivity contribution >= 4 is 17.8 Å². The molecular weight excluding hydrogens is 670 g/mol. The van der Waals surface area contributed by atoms with Gasteiger partial charge in [0.05, 0.1) is 24.7 Å². The van der Waals surface area contributed by atoms with E-state index in [1.165, 1.54) is 0 Å². The second-order valence-corrected chi connectivity index (χ2v) is 13.0. The Balaban J connectivity index is 1.86. The van der Waals surface area contributed by atoms with Gasteiger partial charge in [0.15, 0.2) is 0 Å². The van der Waals surface area contributed by atoms with Crippen LogP contribution in [-0.4, -0.2) is 81.9 Å². The van der Waals surface area contributed by atoms with Crippen molar-refractivity contribution in [1.29, 1.82) is 0 Å². The molecule has 286 valence electrons. The molecule has 0 aromatic heterocycles. The van der Waals surface area contributed by atoms with Gasteiger partial charge in [-0.2, -0.15) is 0 Å². The Hall–Kier alpha value is -4.31. The molecular formula is C35H53N3O13. The van der Waals surface area contributed by atoms with E-state index in [9.17, 15) is 44.8 Å². The zero-order valence-corrected chi connectivity index (χ0v) is 29.5. The van der Waals surface area contributed by atoms with Crippen molar-refractivity contribution in [1.82, 2.24) is 5.32 Å². The van der Waals surface area contributed by atoms with Crippen LogP contribution in [0, 0.1) is 32.1 Å². The first kappa shape index (κ1) is 42.9. The summed E-state index contributed by atoms with van der Waals surface area (Å²) < 4.78 is 11.0. The molecule has 0 saturated heterocycles. The SMILES string of the molecule is CC(C)OC(=O)CCC/C=C\C[C@@H]1[C@@H](CC[C@H](CCc2ccccc2)OC(=O)CCNC(=O)CCCC(CO[N+](=O)[O-])O[N+](=O)[O-])[C@H](O)C[C@@H]1O. The monoisotopic (exact) mass is 723 g/mol. The number of aliphatic hydroxyl groups excluding tert-OH is 2. The van der Waals surface area contributed by atoms with E-state index < -0.39 is 53.1 Å². The van der Waals surface area contributed by atoms with Crippen molar-refractivity contribution in [3.05, 3.63) is 68.3 Å². The number of hydrogen-bond donors (Lipinski definition) is 3. The Bertz CT molecular complexity index is 1250. The fraction of sp³-hybridized carbons (Fsp3) is 0.686. The highest BCUT2D eigenvalue weighted by atomic mass is 17.0. The molecule has 1 amide bonds. The van der Waals surface area contributed by atoms with Gasteiger partial charge in [-0.25, -0.2) is 0 Å². The summed E-state index contributed by atoms with van der Waals surface area (Å²) in [7, 11) is 0. The van der Waals surface area contributed by atoms with Crippen LogP contribution in [0.3, 0.4) is 0 Å². The lowest BCUT2D eigenvalue weighted by Gasteiger charge is -2.25. The van der Waals surface area contributed by atoms with E-state index in [0.717, 1.165) is 5.56 Å². The molecule has 3 N–H and O–H groups in total. The highest BCUT2D eigenvalue weighted by Gasteiger charge is 2.41. The standard InChI is InChI=1S/C35H53N3O13/c1-25(2)49-34(42)16-9-4-3-8-14-29-30(32(40)23-31(29)39)20-19-27(18-17-26-11-6-5-7-12-26)50-35(43)21-22-36-33(41)15-10-13-28(51-38(46)47)24-48-37(44)45/h3,5-8,11-12,25,27-32,39-40H,4,9-10,13-24H2,1-2H3,(H,36,41)/b8-3-/t27-,28?,29+,30+,31-,32+/m0/s1. The molecule has 1 aliphatic carbocycles. The number of unbranched alkanes of at least 4 members (excludes halogenated alkanes) is 1. The number of rotatable bonds is 26. The summed E-state index contributed by atoms with van der Waals surface area (Å²) in [6.45, 7) is 2.97. The van der Waals surface area contributed by atoms with E-state index in [1.54, 1.807) is 0 Å². The summed E-state index contributed by atoms with van der Waals surface area (Å²) in [5, 5.41) is 42.9. The third-order valence-corrected chi connectivity index (χ3v) is 8.62. The van der Waals surface area contributed by atoms with E-state index in [2.05, 4.69) is 15.0 Å². The highest BCUT2D eigenvalue weighted by molar-refractivity contribution is 5.77. The van der Waals surface area contributed by atoms with Gasteiger partial charge in [-0.3, -0.25) is 14.4 Å². The van der Waals surface area contributed by atoms with Gasteiger partial charge in [0.2, 0.25) is 5.91 Å². The van der Waals surface area contributed by atoms with Gasteiger partial charge in [0.25, 0.3) is 10.2 Å². The molecule has 1 aromatic rings. The normalized spacial score (nSPS) is 19.7. The third-order valence-electron chi connectivity index (χ3n) is 8.62. The molecule has 0 radical (unpaired) electrons. The van der Waals surface area contributed by atoms with Gasteiger partial charge in [0, 0.05) is 19.4 Å². The molecule has 0 heterocycles. The molecule has 51 heavy (non-hydrogen) atoms. The number of nitrogens with one attached hydrogen (secondary N) is 1. The molecule has 0 bridgehead atoms. The Labute approximate surface area is 298 Å². The van der Waals surface area contributed by atoms with Crippen LogP contribution in [0.1, 0.15) is 96.5 Å². The molecule has 0 aliphatic heterocycles. The van der Waals surface area contributed by atoms with E-state index >= 15 is 0 Å². The highest BCUT2D eigenvalue weighted by Crippen LogP contribution is 2.39. The summed E-state index contributed by atoms with van der Waals surface area (Å²) in [5.41, 5.74) is 1.08. The summed E-state index contributed by atoms with van der Waals surface area (Å²) >= 11 is 0. The minimum Gasteiger partial charge on any atom is -0.463 e. The average Bonchev–Trinajstić information content (AvgIpc) is 3.33. The Morgan fingerprint density at radius 3 is 2.27 bits per heavy atom. The number of aliphatic hydroxyl groups is 2. The zero-order valence-electron chi connectivity index (χ0n) is 29.5. The fourth-order valence-corrected chi connectivity index (χ4v) is 6.14. The molecule has 6 atom stereocenters. The molecule has 16 heteroatoms. The number of ether oxygens (including phenoxy) is 2. The van der Waals surface area contributed by atoms with Gasteiger partial charge in [-0.1, -0.05) is 42.5 Å². The van der Waals surface area contributed by atoms with Gasteiger partial charge in [-0.05, 0) is 95.5 Å². The predicted molar refractivity (Wildman–Crippen MR) is 183 cm³/mol. The average molecular weight is 724 g/mol. The topological polar surface area (TPSA) is 227 Å². The number of aryl methyl sites for hydroxylation is 1. The summed E-state index contributed by atoms with van der Waals surface area (Å²) in [4.78, 5) is 66.3. The molecule has 1 saturated carbocycles. The molecule has 0 spiro atoms. The van der Waals surface area contributed by atoms with Crippen molar-refractivity contribution in [2.24, 2.45) is 11.8 Å². The van der Waals surface area contributed by atoms with Crippen LogP contribution in [0.5, 0.6) is 0 Å². The molecule has 1 fully saturated rings. The maximum Gasteiger partial charge on any atom is 0.307 e. The Morgan fingerprint density at radius 2 is 1.59 bits per heavy atom. The first-order chi connectivity index (χ1) is 24.3. The predicted octanol–water partition coefficient (Wildman–Crippen LogP) is 4.20. The number of amides is 1. The van der Waals surface area contributed by atoms with Crippen LogP contribution in [0.2, 0.25) is 0 Å². The number of benzene rings is 1. The number of carbonyl (C=O) groups excluding carboxylic acids is 3. The second kappa shape index (κ2) is 24.0. The minimum absolute atomic E-state index is 0.00316. The molecule has 16 nitrogen and oxygen atoms in total. The smallest absolute Gasteiger partial charge is 0.307 e. The quantitative estimate of drug-likeness (QED) is 0.0401. The molecule has 2 rings (SSSR count). The van der Waals surface area contributed by atoms with Gasteiger partial charge < -0.3 is 34.7 Å². The summed E-state index contributed by atoms with van der Waals surface area (Å²) in [6.07, 6.45) is 5.51. The first-order valence-corrected chi connectivity index (χ1v) is 17.6. The minimum atomic E-state index is -1.21. The fourth-order valence-electron chi connectivity index (χ4n) is 6.14. The summed E-state index contributed by atoms with van der Waals surface area (Å²) in [6, 6.07) is 9.76. The lowest BCUT2D eigenvalue weighted by molar-refractivity contribution is -0.790. The largest absolute Gasteiger partial charge is 0.463 e. The van der Waals surface area contributed by atoms with E-state index in [0.29, 0.717) is 51.4 Å². The van der Waals surface area contributed by atoms with Crippen molar-refractivity contribution in [2.45, 2.75) is 128 Å². The third kappa shape index (κ3) is 19.0. The number of nitrogens with zero attached hydrogens (tertiary/aromatic N) is 2. The van der Waals surface area contributed by atoms with Crippen LogP contribution in [-0.2, 0) is 40.0 Å². The van der Waals surface area contributed by atoms with Crippen LogP contribution in [0.25, 0.3) is 0 Å². The van der Waals surface area contributed by atoms with Crippen LogP contribution in [0.4, 0.5) is 0 Å². The van der Waals surface area contributed by atoms with E-state index in [-0.39, 0.29) is 62.6 Å². The molecule has 1 aromatic carbocycles. The van der Waals surface area contributed by atoms with Crippen molar-refractivity contribution in [2.75, 3.05) is 13.2 Å². The van der Waals surface area contributed by atoms with Crippen LogP contribution in [0.15, 0.2) is 42.5 Å². The maximum absolute atomic E-state index is 12.8. The molecule has 1 aliphatic rings. The number of esters is 2. The zero-order chi connectivity index (χ0) is 37.6. The van der Waals surface area contributed by atoms with E-state index in [4.69, 9.17) is 9.47 Å². The Kier molecular flexibility index (Phi) is 20.1. The van der Waals surface area contributed by atoms with Crippen molar-refractivity contribution < 1.29 is 53.9 Å².